The van der Waals surface area contributed by atoms with Gasteiger partial charge in [0.05, 0.1) is 21.7 Å². The van der Waals surface area contributed by atoms with Gasteiger partial charge in [0.15, 0.2) is 12.0 Å². The number of rotatable bonds is 5. The van der Waals surface area contributed by atoms with Gasteiger partial charge in [0, 0.05) is 6.92 Å². The minimum Gasteiger partial charge on any atom is -0.505 e. The number of carbonyl (C=O) groups excluding carboxylic acids is 1. The van der Waals surface area contributed by atoms with Crippen LogP contribution in [0.4, 0.5) is 0 Å². The maximum Gasteiger partial charge on any atom is 0.300 e. The number of hydrogen-bond acceptors (Lipinski definition) is 8. The highest BCUT2D eigenvalue weighted by molar-refractivity contribution is 6.55. The summed E-state index contributed by atoms with van der Waals surface area (Å²) in [7, 11) is 0. The Labute approximate surface area is 184 Å². The molecule has 0 aromatic heterocycles. The summed E-state index contributed by atoms with van der Waals surface area (Å²) in [6, 6.07) is 0. The van der Waals surface area contributed by atoms with E-state index in [0.717, 1.165) is 6.92 Å². The molecule has 0 saturated heterocycles. The van der Waals surface area contributed by atoms with Crippen molar-refractivity contribution in [2.24, 2.45) is 0 Å². The number of carboxylic acids is 1. The fourth-order valence-electron chi connectivity index (χ4n) is 1.21. The molecule has 28 heavy (non-hydrogen) atoms. The quantitative estimate of drug-likeness (QED) is 0.177. The maximum atomic E-state index is 9.90. The SMILES string of the molecule is CC(=O)O.O=C[C@H](O)[C@@H](O)[C@@H](O)[C@H](O)CO.Oc1c(Cl)c(Cl)c(Cl)c(Cl)c1Cl. The zero-order valence-corrected chi connectivity index (χ0v) is 17.7. The summed E-state index contributed by atoms with van der Waals surface area (Å²) in [5, 5.41) is 60.0. The lowest BCUT2D eigenvalue weighted by Crippen LogP contribution is -2.46. The number of aromatic hydroxyl groups is 1. The van der Waals surface area contributed by atoms with Gasteiger partial charge in [-0.05, 0) is 0 Å². The number of aliphatic hydroxyl groups is 5. The van der Waals surface area contributed by atoms with Gasteiger partial charge in [0.2, 0.25) is 0 Å². The van der Waals surface area contributed by atoms with Gasteiger partial charge in [0.25, 0.3) is 5.97 Å². The number of halogens is 5. The Morgan fingerprint density at radius 3 is 1.50 bits per heavy atom. The highest BCUT2D eigenvalue weighted by Crippen LogP contribution is 2.47. The maximum absolute atomic E-state index is 9.90. The topological polar surface area (TPSA) is 176 Å². The van der Waals surface area contributed by atoms with Crippen LogP contribution in [0.2, 0.25) is 25.1 Å². The van der Waals surface area contributed by atoms with Crippen molar-refractivity contribution in [2.45, 2.75) is 31.3 Å². The third-order valence-corrected chi connectivity index (χ3v) is 4.86. The summed E-state index contributed by atoms with van der Waals surface area (Å²) in [5.41, 5.74) is 0. The molecule has 0 aliphatic heterocycles. The summed E-state index contributed by atoms with van der Waals surface area (Å²) in [6.07, 6.45) is -6.84. The first-order valence-electron chi connectivity index (χ1n) is 6.92. The largest absolute Gasteiger partial charge is 0.505 e. The number of carboxylic acid groups (broad SMARTS) is 1. The number of phenols is 1. The number of aliphatic hydroxyl groups excluding tert-OH is 5. The van der Waals surface area contributed by atoms with Crippen LogP contribution in [0.25, 0.3) is 0 Å². The molecule has 0 aliphatic rings. The van der Waals surface area contributed by atoms with Gasteiger partial charge in [-0.25, -0.2) is 0 Å². The zero-order chi connectivity index (χ0) is 22.8. The number of benzene rings is 1. The molecular weight excluding hydrogens is 489 g/mol. The second-order valence-corrected chi connectivity index (χ2v) is 6.69. The number of aliphatic carboxylic acids is 1. The molecule has 14 heteroatoms. The Morgan fingerprint density at radius 1 is 0.893 bits per heavy atom. The monoisotopic (exact) mass is 504 g/mol. The van der Waals surface area contributed by atoms with E-state index in [1.165, 1.54) is 0 Å². The predicted molar refractivity (Wildman–Crippen MR) is 104 cm³/mol. The van der Waals surface area contributed by atoms with Gasteiger partial charge in [-0.3, -0.25) is 4.79 Å². The van der Waals surface area contributed by atoms with Crippen LogP contribution in [0.1, 0.15) is 6.92 Å². The fourth-order valence-corrected chi connectivity index (χ4v) is 2.34. The Hall–Kier alpha value is -0.590. The molecule has 0 fully saturated rings. The molecule has 1 rings (SSSR count). The average Bonchev–Trinajstić information content (AvgIpc) is 2.66. The van der Waals surface area contributed by atoms with Crippen molar-refractivity contribution in [2.75, 3.05) is 6.61 Å². The van der Waals surface area contributed by atoms with Crippen LogP contribution in [-0.2, 0) is 9.59 Å². The molecule has 4 atom stereocenters. The summed E-state index contributed by atoms with van der Waals surface area (Å²) in [5.74, 6) is -1.20. The van der Waals surface area contributed by atoms with Crippen molar-refractivity contribution in [3.05, 3.63) is 25.1 Å². The van der Waals surface area contributed by atoms with Crippen molar-refractivity contribution >= 4 is 70.3 Å². The molecule has 7 N–H and O–H groups in total. The molecule has 0 heterocycles. The van der Waals surface area contributed by atoms with Crippen molar-refractivity contribution in [3.63, 3.8) is 0 Å². The summed E-state index contributed by atoms with van der Waals surface area (Å²) >= 11 is 27.9. The Bertz CT molecular complexity index is 550. The molecule has 1 aromatic carbocycles. The average molecular weight is 507 g/mol. The molecule has 0 aliphatic carbocycles. The van der Waals surface area contributed by atoms with Gasteiger partial charge < -0.3 is 40.5 Å². The van der Waals surface area contributed by atoms with Crippen LogP contribution in [0, 0.1) is 0 Å². The molecule has 0 spiro atoms. The lowest BCUT2D eigenvalue weighted by molar-refractivity contribution is -0.136. The van der Waals surface area contributed by atoms with E-state index in [-0.39, 0.29) is 37.1 Å². The molecule has 0 amide bonds. The molecule has 0 radical (unpaired) electrons. The highest BCUT2D eigenvalue weighted by atomic mass is 35.5. The minimum atomic E-state index is -1.79. The van der Waals surface area contributed by atoms with E-state index < -0.39 is 37.0 Å². The number of carbonyl (C=O) groups is 2. The van der Waals surface area contributed by atoms with Crippen molar-refractivity contribution in [1.29, 1.82) is 0 Å². The molecule has 9 nitrogen and oxygen atoms in total. The van der Waals surface area contributed by atoms with Gasteiger partial charge in [-0.2, -0.15) is 0 Å². The van der Waals surface area contributed by atoms with Crippen molar-refractivity contribution < 1.29 is 45.3 Å². The summed E-state index contributed by atoms with van der Waals surface area (Å²) in [4.78, 5) is 18.9. The number of hydrogen-bond donors (Lipinski definition) is 7. The second-order valence-electron chi connectivity index (χ2n) is 4.80. The van der Waals surface area contributed by atoms with Crippen molar-refractivity contribution in [1.82, 2.24) is 0 Å². The van der Waals surface area contributed by atoms with Crippen molar-refractivity contribution in [3.8, 4) is 5.75 Å². The van der Waals surface area contributed by atoms with E-state index in [9.17, 15) is 9.90 Å². The van der Waals surface area contributed by atoms with Crippen LogP contribution in [0.3, 0.4) is 0 Å². The van der Waals surface area contributed by atoms with E-state index >= 15 is 0 Å². The third kappa shape index (κ3) is 9.75. The second kappa shape index (κ2) is 14.4. The van der Waals surface area contributed by atoms with Crippen LogP contribution in [0.15, 0.2) is 0 Å². The first-order valence-corrected chi connectivity index (χ1v) is 8.81. The normalized spacial score (nSPS) is 14.4. The summed E-state index contributed by atoms with van der Waals surface area (Å²) in [6.45, 7) is 0.323. The molecule has 0 bridgehead atoms. The van der Waals surface area contributed by atoms with Crippen LogP contribution in [0.5, 0.6) is 5.75 Å². The Balaban J connectivity index is 0. The van der Waals surface area contributed by atoms with Gasteiger partial charge in [-0.15, -0.1) is 0 Å². The number of phenolic OH excluding ortho intramolecular Hbond substituents is 1. The van der Waals surface area contributed by atoms with E-state index in [0.29, 0.717) is 0 Å². The molecule has 0 saturated carbocycles. The Morgan fingerprint density at radius 2 is 1.21 bits per heavy atom. The van der Waals surface area contributed by atoms with Gasteiger partial charge >= 0.3 is 0 Å². The van der Waals surface area contributed by atoms with Crippen LogP contribution >= 0.6 is 58.0 Å². The zero-order valence-electron chi connectivity index (χ0n) is 13.9. The molecular formula is C14H17Cl5O9. The van der Waals surface area contributed by atoms with E-state index in [4.69, 9.17) is 93.4 Å². The molecule has 162 valence electrons. The lowest BCUT2D eigenvalue weighted by Gasteiger charge is -2.22. The first kappa shape index (κ1) is 29.6. The minimum absolute atomic E-state index is 0.00904. The highest BCUT2D eigenvalue weighted by Gasteiger charge is 2.29. The standard InChI is InChI=1S/C6HCl5O.C6H12O6.C2H4O2/c7-1-2(8)4(10)6(12)5(11)3(1)9;7-1-3(9)5(11)6(12)4(10)2-8;1-2(3)4/h12H;1,3-6,8-12H,2H2;1H3,(H,3,4)/t;3-,4+,5+,6-;/m.0./s1. The fraction of sp³-hybridized carbons (Fsp3) is 0.429. The Kier molecular flexibility index (Phi) is 15.2. The van der Waals surface area contributed by atoms with E-state index in [2.05, 4.69) is 0 Å². The smallest absolute Gasteiger partial charge is 0.300 e. The summed E-state index contributed by atoms with van der Waals surface area (Å²) < 4.78 is 0. The van der Waals surface area contributed by atoms with Gasteiger partial charge in [0.1, 0.15) is 34.5 Å². The van der Waals surface area contributed by atoms with E-state index in [1.807, 2.05) is 0 Å². The molecule has 1 aromatic rings. The third-order valence-electron chi connectivity index (χ3n) is 2.61. The van der Waals surface area contributed by atoms with E-state index in [1.54, 1.807) is 0 Å². The first-order chi connectivity index (χ1) is 12.7. The van der Waals surface area contributed by atoms with Gasteiger partial charge in [-0.1, -0.05) is 58.0 Å². The molecule has 0 unspecified atom stereocenters. The predicted octanol–water partition coefficient (Wildman–Crippen LogP) is 1.37. The van der Waals surface area contributed by atoms with Crippen LogP contribution in [-0.4, -0.2) is 79.0 Å². The number of aldehydes is 1. The van der Waals surface area contributed by atoms with Crippen LogP contribution < -0.4 is 0 Å². The lowest BCUT2D eigenvalue weighted by atomic mass is 10.0.